The van der Waals surface area contributed by atoms with Crippen LogP contribution in [0.15, 0.2) is 115 Å². The first-order valence-corrected chi connectivity index (χ1v) is 10.4. The van der Waals surface area contributed by atoms with E-state index < -0.39 is 0 Å². The van der Waals surface area contributed by atoms with E-state index in [1.807, 2.05) is 36.4 Å². The van der Waals surface area contributed by atoms with Gasteiger partial charge in [-0.3, -0.25) is 0 Å². The molecule has 0 N–H and O–H groups in total. The Bertz CT molecular complexity index is 1200. The second-order valence-corrected chi connectivity index (χ2v) is 7.70. The molecule has 5 rings (SSSR count). The quantitative estimate of drug-likeness (QED) is 0.287. The van der Waals surface area contributed by atoms with Crippen molar-refractivity contribution in [1.29, 1.82) is 0 Å². The van der Waals surface area contributed by atoms with Crippen molar-refractivity contribution < 1.29 is 4.39 Å². The molecule has 2 heteroatoms. The maximum absolute atomic E-state index is 13.8. The molecule has 0 radical (unpaired) electrons. The lowest BCUT2D eigenvalue weighted by atomic mass is 10.0. The summed E-state index contributed by atoms with van der Waals surface area (Å²) in [4.78, 5) is 0. The Morgan fingerprint density at radius 3 is 1.77 bits per heavy atom. The molecule has 4 aromatic carbocycles. The van der Waals surface area contributed by atoms with Crippen molar-refractivity contribution in [1.82, 2.24) is 4.57 Å². The summed E-state index contributed by atoms with van der Waals surface area (Å²) in [5.41, 5.74) is 8.84. The molecule has 150 valence electrons. The fraction of sp³-hybridized carbons (Fsp3) is 0.0345. The van der Waals surface area contributed by atoms with Crippen molar-refractivity contribution >= 4 is 0 Å². The predicted molar refractivity (Wildman–Crippen MR) is 127 cm³/mol. The van der Waals surface area contributed by atoms with Gasteiger partial charge in [-0.05, 0) is 53.9 Å². The number of benzene rings is 4. The summed E-state index contributed by atoms with van der Waals surface area (Å²) in [6.07, 6.45) is 0. The number of halogens is 1. The van der Waals surface area contributed by atoms with E-state index in [1.54, 1.807) is 0 Å². The number of aryl methyl sites for hydroxylation is 1. The van der Waals surface area contributed by atoms with Crippen molar-refractivity contribution in [2.24, 2.45) is 0 Å². The summed E-state index contributed by atoms with van der Waals surface area (Å²) >= 11 is 0. The van der Waals surface area contributed by atoms with Crippen molar-refractivity contribution in [2.75, 3.05) is 0 Å². The molecule has 0 aliphatic rings. The summed E-state index contributed by atoms with van der Waals surface area (Å²) in [7, 11) is 0. The van der Waals surface area contributed by atoms with E-state index in [0.29, 0.717) is 0 Å². The zero-order chi connectivity index (χ0) is 21.2. The Hall–Kier alpha value is -3.91. The van der Waals surface area contributed by atoms with E-state index in [0.717, 1.165) is 39.3 Å². The van der Waals surface area contributed by atoms with Crippen LogP contribution in [0.4, 0.5) is 4.39 Å². The number of aromatic nitrogens is 1. The molecule has 1 aromatic heterocycles. The van der Waals surface area contributed by atoms with Gasteiger partial charge in [0.1, 0.15) is 5.82 Å². The lowest BCUT2D eigenvalue weighted by Crippen LogP contribution is -2.00. The molecule has 1 heterocycles. The monoisotopic (exact) mass is 403 g/mol. The topological polar surface area (TPSA) is 4.93 Å². The van der Waals surface area contributed by atoms with Crippen LogP contribution in [0.1, 0.15) is 5.56 Å². The Labute approximate surface area is 182 Å². The largest absolute Gasteiger partial charge is 0.309 e. The molecule has 0 spiro atoms. The van der Waals surface area contributed by atoms with E-state index in [9.17, 15) is 4.39 Å². The molecule has 0 fully saturated rings. The van der Waals surface area contributed by atoms with E-state index >= 15 is 0 Å². The minimum Gasteiger partial charge on any atom is -0.309 e. The molecular weight excluding hydrogens is 381 g/mol. The third-order valence-electron chi connectivity index (χ3n) is 5.56. The molecule has 0 aliphatic heterocycles. The molecule has 0 unspecified atom stereocenters. The third-order valence-corrected chi connectivity index (χ3v) is 5.56. The highest BCUT2D eigenvalue weighted by molar-refractivity contribution is 5.88. The van der Waals surface area contributed by atoms with Gasteiger partial charge in [0.05, 0.1) is 11.4 Å². The lowest BCUT2D eigenvalue weighted by Gasteiger charge is -2.16. The van der Waals surface area contributed by atoms with Crippen molar-refractivity contribution in [3.05, 3.63) is 127 Å². The first-order chi connectivity index (χ1) is 15.2. The smallest absolute Gasteiger partial charge is 0.123 e. The molecule has 0 saturated carbocycles. The fourth-order valence-electron chi connectivity index (χ4n) is 4.02. The van der Waals surface area contributed by atoms with E-state index in [-0.39, 0.29) is 5.82 Å². The maximum atomic E-state index is 13.8. The Morgan fingerprint density at radius 2 is 1.16 bits per heavy atom. The van der Waals surface area contributed by atoms with Crippen LogP contribution in [-0.2, 0) is 0 Å². The Kier molecular flexibility index (Phi) is 4.97. The highest BCUT2D eigenvalue weighted by Gasteiger charge is 2.20. The van der Waals surface area contributed by atoms with E-state index in [1.165, 1.54) is 17.7 Å². The van der Waals surface area contributed by atoms with Gasteiger partial charge in [-0.1, -0.05) is 90.5 Å². The number of rotatable bonds is 4. The van der Waals surface area contributed by atoms with Crippen LogP contribution < -0.4 is 0 Å². The Balaban J connectivity index is 1.88. The number of hydrogen-bond donors (Lipinski definition) is 0. The highest BCUT2D eigenvalue weighted by atomic mass is 19.1. The van der Waals surface area contributed by atoms with E-state index in [2.05, 4.69) is 78.2 Å². The molecule has 31 heavy (non-hydrogen) atoms. The highest BCUT2D eigenvalue weighted by Crippen LogP contribution is 2.41. The zero-order valence-corrected chi connectivity index (χ0v) is 17.3. The minimum absolute atomic E-state index is 0.239. The van der Waals surface area contributed by atoms with Gasteiger partial charge >= 0.3 is 0 Å². The second kappa shape index (κ2) is 8.08. The lowest BCUT2D eigenvalue weighted by molar-refractivity contribution is 0.627. The normalized spacial score (nSPS) is 10.9. The first-order valence-electron chi connectivity index (χ1n) is 10.4. The minimum atomic E-state index is -0.239. The number of hydrogen-bond acceptors (Lipinski definition) is 0. The summed E-state index contributed by atoms with van der Waals surface area (Å²) in [6.45, 7) is 2.09. The van der Waals surface area contributed by atoms with Gasteiger partial charge in [0.2, 0.25) is 0 Å². The summed E-state index contributed by atoms with van der Waals surface area (Å²) in [6, 6.07) is 38.3. The van der Waals surface area contributed by atoms with Crippen molar-refractivity contribution in [3.63, 3.8) is 0 Å². The second-order valence-electron chi connectivity index (χ2n) is 7.70. The molecule has 0 amide bonds. The van der Waals surface area contributed by atoms with Crippen LogP contribution in [0.3, 0.4) is 0 Å². The van der Waals surface area contributed by atoms with Crippen LogP contribution >= 0.6 is 0 Å². The zero-order valence-electron chi connectivity index (χ0n) is 17.3. The summed E-state index contributed by atoms with van der Waals surface area (Å²) in [5, 5.41) is 0. The molecular formula is C29H22FN. The summed E-state index contributed by atoms with van der Waals surface area (Å²) < 4.78 is 16.0. The predicted octanol–water partition coefficient (Wildman–Crippen LogP) is 7.93. The van der Waals surface area contributed by atoms with Crippen molar-refractivity contribution in [3.8, 4) is 39.3 Å². The van der Waals surface area contributed by atoms with E-state index in [4.69, 9.17) is 0 Å². The van der Waals surface area contributed by atoms with Gasteiger partial charge in [-0.15, -0.1) is 0 Å². The third kappa shape index (κ3) is 3.69. The molecule has 0 atom stereocenters. The van der Waals surface area contributed by atoms with Gasteiger partial charge in [0, 0.05) is 11.3 Å². The van der Waals surface area contributed by atoms with Crippen LogP contribution in [0, 0.1) is 12.7 Å². The molecule has 5 aromatic rings. The van der Waals surface area contributed by atoms with Crippen LogP contribution in [0.2, 0.25) is 0 Å². The maximum Gasteiger partial charge on any atom is 0.123 e. The van der Waals surface area contributed by atoms with Crippen LogP contribution in [0.5, 0.6) is 0 Å². The summed E-state index contributed by atoms with van der Waals surface area (Å²) in [5.74, 6) is -0.239. The van der Waals surface area contributed by atoms with Crippen LogP contribution in [0.25, 0.3) is 39.3 Å². The molecule has 0 bridgehead atoms. The first kappa shape index (κ1) is 19.1. The van der Waals surface area contributed by atoms with Crippen molar-refractivity contribution in [2.45, 2.75) is 6.92 Å². The number of nitrogens with zero attached hydrogens (tertiary/aromatic N) is 1. The average molecular weight is 404 g/mol. The SMILES string of the molecule is Cc1ccc(-c2c(-c3ccccc3)cc(-c3ccccc3)n2-c2ccc(F)cc2)cc1. The van der Waals surface area contributed by atoms with Gasteiger partial charge in [0.15, 0.2) is 0 Å². The average Bonchev–Trinajstić information content (AvgIpc) is 3.22. The van der Waals surface area contributed by atoms with Crippen LogP contribution in [-0.4, -0.2) is 4.57 Å². The van der Waals surface area contributed by atoms with Gasteiger partial charge in [0.25, 0.3) is 0 Å². The van der Waals surface area contributed by atoms with Gasteiger partial charge < -0.3 is 4.57 Å². The molecule has 0 saturated heterocycles. The Morgan fingerprint density at radius 1 is 0.581 bits per heavy atom. The van der Waals surface area contributed by atoms with Gasteiger partial charge in [-0.2, -0.15) is 0 Å². The fourth-order valence-corrected chi connectivity index (χ4v) is 4.02. The standard InChI is InChI=1S/C29H22FN/c1-21-12-14-24(15-13-21)29-27(22-8-4-2-5-9-22)20-28(23-10-6-3-7-11-23)31(29)26-18-16-25(30)17-19-26/h2-20H,1H3. The molecule has 0 aliphatic carbocycles. The molecule has 1 nitrogen and oxygen atoms in total. The van der Waals surface area contributed by atoms with Gasteiger partial charge in [-0.25, -0.2) is 4.39 Å².